The van der Waals surface area contributed by atoms with Crippen LogP contribution in [0.1, 0.15) is 16.7 Å². The molecule has 72 valence electrons. The molecule has 0 spiro atoms. The van der Waals surface area contributed by atoms with E-state index < -0.39 is 11.7 Å². The third-order valence-corrected chi connectivity index (χ3v) is 1.76. The Hall–Kier alpha value is -1.69. The first-order valence-electron chi connectivity index (χ1n) is 3.80. The van der Waals surface area contributed by atoms with Gasteiger partial charge in [-0.1, -0.05) is 30.7 Å². The molecular formula is C11H7F3. The molecular weight excluding hydrogens is 189 g/mol. The fraction of sp³-hybridized carbons (Fsp3) is 0.0909. The second-order valence-corrected chi connectivity index (χ2v) is 2.62. The molecule has 14 heavy (non-hydrogen) atoms. The van der Waals surface area contributed by atoms with E-state index in [1.165, 1.54) is 18.2 Å². The lowest BCUT2D eigenvalue weighted by atomic mass is 10.0. The van der Waals surface area contributed by atoms with Crippen molar-refractivity contribution in [3.05, 3.63) is 41.5 Å². The van der Waals surface area contributed by atoms with E-state index in [0.717, 1.165) is 6.08 Å². The van der Waals surface area contributed by atoms with Gasteiger partial charge in [0.2, 0.25) is 0 Å². The molecule has 0 aliphatic heterocycles. The molecule has 0 saturated heterocycles. The van der Waals surface area contributed by atoms with Crippen LogP contribution < -0.4 is 0 Å². The summed E-state index contributed by atoms with van der Waals surface area (Å²) in [6.07, 6.45) is 1.69. The zero-order valence-electron chi connectivity index (χ0n) is 7.23. The zero-order valence-corrected chi connectivity index (χ0v) is 7.23. The van der Waals surface area contributed by atoms with E-state index in [-0.39, 0.29) is 11.1 Å². The molecule has 1 aromatic rings. The fourth-order valence-corrected chi connectivity index (χ4v) is 1.18. The maximum Gasteiger partial charge on any atom is 0.418 e. The second-order valence-electron chi connectivity index (χ2n) is 2.62. The third-order valence-electron chi connectivity index (χ3n) is 1.76. The normalized spacial score (nSPS) is 10.7. The van der Waals surface area contributed by atoms with E-state index in [4.69, 9.17) is 6.42 Å². The predicted octanol–water partition coefficient (Wildman–Crippen LogP) is 3.33. The molecule has 0 aromatic heterocycles. The molecule has 0 aliphatic carbocycles. The number of halogens is 3. The molecule has 1 rings (SSSR count). The Bertz CT molecular complexity index is 394. The molecule has 0 N–H and O–H groups in total. The molecule has 0 unspecified atom stereocenters. The minimum atomic E-state index is -4.44. The molecule has 0 heterocycles. The van der Waals surface area contributed by atoms with Gasteiger partial charge in [0.05, 0.1) is 5.56 Å². The van der Waals surface area contributed by atoms with Crippen LogP contribution >= 0.6 is 0 Å². The van der Waals surface area contributed by atoms with E-state index >= 15 is 0 Å². The summed E-state index contributed by atoms with van der Waals surface area (Å²) in [7, 11) is 0. The number of alkyl halides is 3. The number of terminal acetylenes is 1. The highest BCUT2D eigenvalue weighted by atomic mass is 19.4. The molecule has 0 bridgehead atoms. The highest BCUT2D eigenvalue weighted by Crippen LogP contribution is 2.34. The SMILES string of the molecule is C#Cc1cccc(C=C)c1C(F)(F)F. The Morgan fingerprint density at radius 1 is 1.36 bits per heavy atom. The molecule has 0 fully saturated rings. The van der Waals surface area contributed by atoms with Gasteiger partial charge in [-0.3, -0.25) is 0 Å². The van der Waals surface area contributed by atoms with Gasteiger partial charge in [0.15, 0.2) is 0 Å². The van der Waals surface area contributed by atoms with Crippen molar-refractivity contribution in [2.24, 2.45) is 0 Å². The predicted molar refractivity (Wildman–Crippen MR) is 49.5 cm³/mol. The van der Waals surface area contributed by atoms with Gasteiger partial charge in [0, 0.05) is 5.56 Å². The Morgan fingerprint density at radius 2 is 2.00 bits per heavy atom. The first kappa shape index (κ1) is 10.4. The van der Waals surface area contributed by atoms with Crippen molar-refractivity contribution in [2.75, 3.05) is 0 Å². The lowest BCUT2D eigenvalue weighted by Crippen LogP contribution is -2.10. The summed E-state index contributed by atoms with van der Waals surface area (Å²) in [6, 6.07) is 4.06. The number of hydrogen-bond donors (Lipinski definition) is 0. The number of rotatable bonds is 1. The van der Waals surface area contributed by atoms with Crippen molar-refractivity contribution in [1.82, 2.24) is 0 Å². The minimum absolute atomic E-state index is 0.00736. The van der Waals surface area contributed by atoms with Crippen LogP contribution in [0.4, 0.5) is 13.2 Å². The van der Waals surface area contributed by atoms with Crippen LogP contribution in [0.25, 0.3) is 6.08 Å². The quantitative estimate of drug-likeness (QED) is 0.604. The topological polar surface area (TPSA) is 0 Å². The smallest absolute Gasteiger partial charge is 0.166 e. The van der Waals surface area contributed by atoms with Gasteiger partial charge >= 0.3 is 6.18 Å². The summed E-state index contributed by atoms with van der Waals surface area (Å²) in [6.45, 7) is 3.31. The van der Waals surface area contributed by atoms with Crippen molar-refractivity contribution < 1.29 is 13.2 Å². The van der Waals surface area contributed by atoms with Crippen LogP contribution in [0.2, 0.25) is 0 Å². The Kier molecular flexibility index (Phi) is 2.66. The van der Waals surface area contributed by atoms with Crippen molar-refractivity contribution in [2.45, 2.75) is 6.18 Å². The van der Waals surface area contributed by atoms with Gasteiger partial charge in [-0.15, -0.1) is 6.42 Å². The monoisotopic (exact) mass is 196 g/mol. The van der Waals surface area contributed by atoms with Gasteiger partial charge in [0.25, 0.3) is 0 Å². The molecule has 0 atom stereocenters. The maximum absolute atomic E-state index is 12.5. The summed E-state index contributed by atoms with van der Waals surface area (Å²) in [5, 5.41) is 0. The highest BCUT2D eigenvalue weighted by Gasteiger charge is 2.34. The van der Waals surface area contributed by atoms with Crippen LogP contribution in [-0.4, -0.2) is 0 Å². The Morgan fingerprint density at radius 3 is 2.43 bits per heavy atom. The van der Waals surface area contributed by atoms with E-state index in [1.54, 1.807) is 0 Å². The number of benzene rings is 1. The summed E-state index contributed by atoms with van der Waals surface area (Å²) >= 11 is 0. The van der Waals surface area contributed by atoms with Crippen molar-refractivity contribution >= 4 is 6.08 Å². The van der Waals surface area contributed by atoms with E-state index in [9.17, 15) is 13.2 Å². The van der Waals surface area contributed by atoms with E-state index in [2.05, 4.69) is 6.58 Å². The molecule has 0 aliphatic rings. The third kappa shape index (κ3) is 1.80. The molecule has 0 radical (unpaired) electrons. The lowest BCUT2D eigenvalue weighted by Gasteiger charge is -2.12. The van der Waals surface area contributed by atoms with Gasteiger partial charge < -0.3 is 0 Å². The van der Waals surface area contributed by atoms with Crippen LogP contribution in [0, 0.1) is 12.3 Å². The minimum Gasteiger partial charge on any atom is -0.166 e. The van der Waals surface area contributed by atoms with Gasteiger partial charge in [-0.2, -0.15) is 13.2 Å². The summed E-state index contributed by atoms with van der Waals surface area (Å²) in [5.74, 6) is 2.01. The highest BCUT2D eigenvalue weighted by molar-refractivity contribution is 5.58. The zero-order chi connectivity index (χ0) is 10.8. The lowest BCUT2D eigenvalue weighted by molar-refractivity contribution is -0.137. The average molecular weight is 196 g/mol. The first-order chi connectivity index (χ1) is 6.50. The number of hydrogen-bond acceptors (Lipinski definition) is 0. The Balaban J connectivity index is 3.51. The van der Waals surface area contributed by atoms with Crippen LogP contribution in [-0.2, 0) is 6.18 Å². The van der Waals surface area contributed by atoms with Crippen LogP contribution in [0.15, 0.2) is 24.8 Å². The summed E-state index contributed by atoms with van der Waals surface area (Å²) in [4.78, 5) is 0. The van der Waals surface area contributed by atoms with Gasteiger partial charge in [-0.25, -0.2) is 0 Å². The molecule has 1 aromatic carbocycles. The van der Waals surface area contributed by atoms with Crippen molar-refractivity contribution in [3.8, 4) is 12.3 Å². The average Bonchev–Trinajstić information content (AvgIpc) is 2.15. The summed E-state index contributed by atoms with van der Waals surface area (Å²) < 4.78 is 37.6. The first-order valence-corrected chi connectivity index (χ1v) is 3.80. The molecule has 0 amide bonds. The fourth-order valence-electron chi connectivity index (χ4n) is 1.18. The second kappa shape index (κ2) is 3.59. The Labute approximate surface area is 80.1 Å². The van der Waals surface area contributed by atoms with E-state index in [0.29, 0.717) is 0 Å². The van der Waals surface area contributed by atoms with Crippen LogP contribution in [0.3, 0.4) is 0 Å². The standard InChI is InChI=1S/C11H7F3/c1-3-8-6-5-7-9(4-2)10(8)11(12,13)14/h1,4-7H,2H2. The van der Waals surface area contributed by atoms with Crippen molar-refractivity contribution in [3.63, 3.8) is 0 Å². The van der Waals surface area contributed by atoms with Gasteiger partial charge in [0.1, 0.15) is 0 Å². The van der Waals surface area contributed by atoms with Crippen LogP contribution in [0.5, 0.6) is 0 Å². The maximum atomic E-state index is 12.5. The molecule has 0 nitrogen and oxygen atoms in total. The summed E-state index contributed by atoms with van der Waals surface area (Å²) in [5.41, 5.74) is -0.944. The molecule has 0 saturated carbocycles. The van der Waals surface area contributed by atoms with E-state index in [1.807, 2.05) is 5.92 Å². The molecule has 3 heteroatoms. The largest absolute Gasteiger partial charge is 0.418 e. The van der Waals surface area contributed by atoms with Crippen molar-refractivity contribution in [1.29, 1.82) is 0 Å². The van der Waals surface area contributed by atoms with Gasteiger partial charge in [-0.05, 0) is 11.6 Å².